The van der Waals surface area contributed by atoms with Crippen LogP contribution in [0, 0.1) is 0 Å². The molecule has 0 unspecified atom stereocenters. The molecule has 1 aromatic rings. The van der Waals surface area contributed by atoms with E-state index >= 15 is 0 Å². The van der Waals surface area contributed by atoms with Gasteiger partial charge in [0.05, 0.1) is 5.75 Å². The number of benzene rings is 1. The smallest absolute Gasteiger partial charge is 0.339 e. The van der Waals surface area contributed by atoms with Crippen molar-refractivity contribution in [2.45, 2.75) is 12.8 Å². The molecular formula is C12H16O7S2. The molecule has 0 spiro atoms. The number of para-hydroxylation sites is 1. The Bertz CT molecular complexity index is 612. The molecule has 21 heavy (non-hydrogen) atoms. The summed E-state index contributed by atoms with van der Waals surface area (Å²) >= 11 is 0. The van der Waals surface area contributed by atoms with Crippen LogP contribution in [0.15, 0.2) is 30.3 Å². The molecule has 0 saturated heterocycles. The maximum Gasteiger partial charge on any atom is 0.339 e. The molecule has 0 aliphatic carbocycles. The number of carbonyl (C=O) groups excluding carboxylic acids is 1. The van der Waals surface area contributed by atoms with Crippen LogP contribution >= 0.6 is 0 Å². The monoisotopic (exact) mass is 336 g/mol. The van der Waals surface area contributed by atoms with Gasteiger partial charge in [-0.15, -0.1) is 0 Å². The predicted octanol–water partition coefficient (Wildman–Crippen LogP) is 0.330. The zero-order valence-electron chi connectivity index (χ0n) is 11.1. The second-order valence-electron chi connectivity index (χ2n) is 4.07. The van der Waals surface area contributed by atoms with Crippen LogP contribution in [0.25, 0.3) is 0 Å². The number of esters is 1. The first-order chi connectivity index (χ1) is 9.89. The number of ether oxygens (including phenoxy) is 1. The van der Waals surface area contributed by atoms with Gasteiger partial charge in [0, 0.05) is 5.75 Å². The molecule has 0 saturated carbocycles. The number of hydrogen-bond donors (Lipinski definition) is 1. The van der Waals surface area contributed by atoms with E-state index < -0.39 is 33.4 Å². The van der Waals surface area contributed by atoms with Gasteiger partial charge in [-0.1, -0.05) is 18.2 Å². The molecule has 0 bridgehead atoms. The van der Waals surface area contributed by atoms with E-state index in [1.807, 2.05) is 0 Å². The van der Waals surface area contributed by atoms with Crippen LogP contribution in [0.2, 0.25) is 0 Å². The quantitative estimate of drug-likeness (QED) is 0.228. The van der Waals surface area contributed by atoms with Crippen molar-refractivity contribution in [2.75, 3.05) is 18.1 Å². The van der Waals surface area contributed by atoms with Crippen molar-refractivity contribution < 1.29 is 30.6 Å². The Morgan fingerprint density at radius 1 is 1.10 bits per heavy atom. The highest BCUT2D eigenvalue weighted by Crippen LogP contribution is 2.09. The molecule has 1 rings (SSSR count). The van der Waals surface area contributed by atoms with Gasteiger partial charge in [-0.25, -0.2) is 13.2 Å². The van der Waals surface area contributed by atoms with Gasteiger partial charge in [0.15, 0.2) is 6.61 Å². The number of unbranched alkanes of at least 4 members (excludes halogenated alkanes) is 1. The highest BCUT2D eigenvalue weighted by molar-refractivity contribution is 7.86. The lowest BCUT2D eigenvalue weighted by molar-refractivity contribution is -0.136. The fraction of sp³-hybridized carbons (Fsp3) is 0.417. The van der Waals surface area contributed by atoms with Crippen molar-refractivity contribution in [3.05, 3.63) is 30.3 Å². The van der Waals surface area contributed by atoms with Crippen LogP contribution in [0.4, 0.5) is 0 Å². The molecule has 1 aromatic carbocycles. The second-order valence-corrected chi connectivity index (χ2v) is 6.95. The molecule has 0 aromatic heterocycles. The van der Waals surface area contributed by atoms with Crippen molar-refractivity contribution in [2.24, 2.45) is 0 Å². The van der Waals surface area contributed by atoms with Crippen molar-refractivity contribution in [1.29, 1.82) is 0 Å². The number of rotatable bonds is 9. The minimum atomic E-state index is -3.86. The highest BCUT2D eigenvalue weighted by atomic mass is 32.2. The van der Waals surface area contributed by atoms with Gasteiger partial charge < -0.3 is 4.74 Å². The van der Waals surface area contributed by atoms with Crippen molar-refractivity contribution in [3.63, 3.8) is 0 Å². The van der Waals surface area contributed by atoms with E-state index in [4.69, 9.17) is 4.74 Å². The maximum atomic E-state index is 11.5. The average molecular weight is 336 g/mol. The SMILES string of the molecule is O=C(COS(=O)(=O)CCCC[SH](=O)=O)Oc1ccccc1. The Labute approximate surface area is 125 Å². The van der Waals surface area contributed by atoms with Crippen molar-refractivity contribution >= 4 is 26.8 Å². The van der Waals surface area contributed by atoms with Gasteiger partial charge in [-0.05, 0) is 25.0 Å². The largest absolute Gasteiger partial charge is 0.425 e. The Balaban J connectivity index is 2.30. The third-order valence-electron chi connectivity index (χ3n) is 2.32. The number of carbonyl (C=O) groups is 1. The minimum Gasteiger partial charge on any atom is -0.425 e. The van der Waals surface area contributed by atoms with Gasteiger partial charge in [-0.3, -0.25) is 4.18 Å². The average Bonchev–Trinajstić information content (AvgIpc) is 2.43. The summed E-state index contributed by atoms with van der Waals surface area (Å²) in [4.78, 5) is 11.4. The lowest BCUT2D eigenvalue weighted by atomic mass is 10.3. The zero-order valence-corrected chi connectivity index (χ0v) is 12.8. The van der Waals surface area contributed by atoms with Crippen LogP contribution in [0.1, 0.15) is 12.8 Å². The first kappa shape index (κ1) is 17.6. The normalized spacial score (nSPS) is 11.5. The topological polar surface area (TPSA) is 104 Å². The van der Waals surface area contributed by atoms with Gasteiger partial charge >= 0.3 is 5.97 Å². The molecule has 0 amide bonds. The number of thiol groups is 1. The Kier molecular flexibility index (Phi) is 7.34. The fourth-order valence-electron chi connectivity index (χ4n) is 1.37. The van der Waals surface area contributed by atoms with E-state index in [-0.39, 0.29) is 24.3 Å². The van der Waals surface area contributed by atoms with Crippen molar-refractivity contribution in [1.82, 2.24) is 0 Å². The molecule has 0 aliphatic rings. The van der Waals surface area contributed by atoms with Gasteiger partial charge in [0.1, 0.15) is 16.5 Å². The van der Waals surface area contributed by atoms with Crippen LogP contribution < -0.4 is 4.74 Å². The molecule has 0 radical (unpaired) electrons. The minimum absolute atomic E-state index is 0.0685. The molecular weight excluding hydrogens is 320 g/mol. The summed E-state index contributed by atoms with van der Waals surface area (Å²) < 4.78 is 52.9. The number of hydrogen-bond acceptors (Lipinski definition) is 7. The molecule has 0 heterocycles. The van der Waals surface area contributed by atoms with Crippen LogP contribution in [0.5, 0.6) is 5.75 Å². The van der Waals surface area contributed by atoms with Crippen LogP contribution in [-0.4, -0.2) is 40.9 Å². The highest BCUT2D eigenvalue weighted by Gasteiger charge is 2.15. The molecule has 0 fully saturated rings. The summed E-state index contributed by atoms with van der Waals surface area (Å²) in [5, 5.41) is 0. The van der Waals surface area contributed by atoms with Crippen molar-refractivity contribution in [3.8, 4) is 5.75 Å². The van der Waals surface area contributed by atoms with E-state index in [0.29, 0.717) is 5.75 Å². The molecule has 0 N–H and O–H groups in total. The van der Waals surface area contributed by atoms with E-state index in [1.165, 1.54) is 0 Å². The zero-order chi connectivity index (χ0) is 15.7. The van der Waals surface area contributed by atoms with Gasteiger partial charge in [-0.2, -0.15) is 8.42 Å². The summed E-state index contributed by atoms with van der Waals surface area (Å²) in [5.74, 6) is -0.939. The molecule has 9 heteroatoms. The fourth-order valence-corrected chi connectivity index (χ4v) is 2.80. The summed E-state index contributed by atoms with van der Waals surface area (Å²) in [6, 6.07) is 8.18. The molecule has 118 valence electrons. The van der Waals surface area contributed by atoms with E-state index in [1.54, 1.807) is 30.3 Å². The standard InChI is InChI=1S/C12H16O7S2/c13-12(19-11-6-2-1-3-7-11)10-18-21(16,17)9-5-4-8-20(14)15/h1-3,6-7,20H,4-5,8-10H2. The molecule has 0 atom stereocenters. The van der Waals surface area contributed by atoms with Gasteiger partial charge in [0.25, 0.3) is 10.1 Å². The third-order valence-corrected chi connectivity index (χ3v) is 4.26. The lowest BCUT2D eigenvalue weighted by Crippen LogP contribution is -2.20. The van der Waals surface area contributed by atoms with E-state index in [0.717, 1.165) is 0 Å². The summed E-state index contributed by atoms with van der Waals surface area (Å²) in [7, 11) is -6.37. The summed E-state index contributed by atoms with van der Waals surface area (Å²) in [6.07, 6.45) is 0.384. The maximum absolute atomic E-state index is 11.5. The Morgan fingerprint density at radius 2 is 1.76 bits per heavy atom. The molecule has 7 nitrogen and oxygen atoms in total. The predicted molar refractivity (Wildman–Crippen MR) is 76.2 cm³/mol. The lowest BCUT2D eigenvalue weighted by Gasteiger charge is -2.05. The first-order valence-corrected chi connectivity index (χ1v) is 9.08. The summed E-state index contributed by atoms with van der Waals surface area (Å²) in [5.41, 5.74) is 0. The third kappa shape index (κ3) is 8.43. The Hall–Kier alpha value is -1.45. The van der Waals surface area contributed by atoms with E-state index in [9.17, 15) is 21.6 Å². The van der Waals surface area contributed by atoms with E-state index in [2.05, 4.69) is 4.18 Å². The molecule has 0 aliphatic heterocycles. The second kappa shape index (κ2) is 8.75. The first-order valence-electron chi connectivity index (χ1n) is 6.14. The Morgan fingerprint density at radius 3 is 2.38 bits per heavy atom. The van der Waals surface area contributed by atoms with Crippen LogP contribution in [0.3, 0.4) is 0 Å². The van der Waals surface area contributed by atoms with Gasteiger partial charge in [0.2, 0.25) is 0 Å². The summed E-state index contributed by atoms with van der Waals surface area (Å²) in [6.45, 7) is -0.715. The van der Waals surface area contributed by atoms with Crippen LogP contribution in [-0.2, 0) is 29.8 Å².